The highest BCUT2D eigenvalue weighted by molar-refractivity contribution is 6.32. The summed E-state index contributed by atoms with van der Waals surface area (Å²) < 4.78 is 10.1. The van der Waals surface area contributed by atoms with Gasteiger partial charge in [0.1, 0.15) is 11.4 Å². The maximum Gasteiger partial charge on any atom is 0.317 e. The number of ether oxygens (including phenoxy) is 1. The van der Waals surface area contributed by atoms with Gasteiger partial charge in [-0.2, -0.15) is 0 Å². The van der Waals surface area contributed by atoms with Gasteiger partial charge in [-0.1, -0.05) is 23.7 Å². The summed E-state index contributed by atoms with van der Waals surface area (Å²) in [5.41, 5.74) is 8.91. The van der Waals surface area contributed by atoms with Crippen LogP contribution in [0, 0.1) is 0 Å². The van der Waals surface area contributed by atoms with Crippen LogP contribution < -0.4 is 5.73 Å². The van der Waals surface area contributed by atoms with Crippen molar-refractivity contribution >= 4 is 34.4 Å². The maximum atomic E-state index is 12.3. The molecule has 0 saturated heterocycles. The van der Waals surface area contributed by atoms with Crippen molar-refractivity contribution in [3.63, 3.8) is 0 Å². The van der Waals surface area contributed by atoms with E-state index >= 15 is 0 Å². The van der Waals surface area contributed by atoms with Crippen molar-refractivity contribution in [2.75, 3.05) is 12.8 Å². The number of nitrogens with two attached hydrogens (primary N) is 1. The second-order valence-electron chi connectivity index (χ2n) is 4.82. The second kappa shape index (κ2) is 5.69. The molecule has 2 N–H and O–H groups in total. The third kappa shape index (κ3) is 2.51. The highest BCUT2D eigenvalue weighted by atomic mass is 35.5. The Bertz CT molecular complexity index is 844. The van der Waals surface area contributed by atoms with Crippen LogP contribution in [-0.2, 0) is 9.53 Å². The Labute approximate surface area is 131 Å². The predicted molar refractivity (Wildman–Crippen MR) is 83.7 cm³/mol. The van der Waals surface area contributed by atoms with Gasteiger partial charge in [0, 0.05) is 10.7 Å². The number of anilines is 1. The Kier molecular flexibility index (Phi) is 3.73. The first kappa shape index (κ1) is 14.4. The first-order valence-corrected chi connectivity index (χ1v) is 6.94. The number of aromatic nitrogens is 1. The number of benzene rings is 2. The lowest BCUT2D eigenvalue weighted by Gasteiger charge is -2.17. The van der Waals surface area contributed by atoms with Crippen LogP contribution in [-0.4, -0.2) is 18.1 Å². The Morgan fingerprint density at radius 1 is 1.32 bits per heavy atom. The van der Waals surface area contributed by atoms with Gasteiger partial charge in [-0.3, -0.25) is 4.79 Å². The smallest absolute Gasteiger partial charge is 0.317 e. The van der Waals surface area contributed by atoms with Crippen LogP contribution in [0.15, 0.2) is 47.2 Å². The summed E-state index contributed by atoms with van der Waals surface area (Å²) in [6.45, 7) is 0. The minimum atomic E-state index is -0.654. The third-order valence-electron chi connectivity index (χ3n) is 3.46. The molecule has 0 aliphatic heterocycles. The molecular formula is C16H13ClN2O3. The van der Waals surface area contributed by atoms with Crippen molar-refractivity contribution < 1.29 is 13.9 Å². The number of methoxy groups -OCH3 is 1. The van der Waals surface area contributed by atoms with Crippen molar-refractivity contribution in [2.24, 2.45) is 0 Å². The van der Waals surface area contributed by atoms with Crippen LogP contribution >= 0.6 is 11.6 Å². The predicted octanol–water partition coefficient (Wildman–Crippen LogP) is 3.37. The van der Waals surface area contributed by atoms with Crippen LogP contribution in [0.1, 0.15) is 17.0 Å². The van der Waals surface area contributed by atoms with Crippen LogP contribution in [0.4, 0.5) is 5.69 Å². The molecule has 5 nitrogen and oxygen atoms in total. The van der Waals surface area contributed by atoms with E-state index in [-0.39, 0.29) is 0 Å². The number of nitrogens with zero attached hydrogens (tertiary/aromatic N) is 1. The fraction of sp³-hybridized carbons (Fsp3) is 0.125. The monoisotopic (exact) mass is 316 g/mol. The molecule has 3 rings (SSSR count). The van der Waals surface area contributed by atoms with E-state index in [0.717, 1.165) is 5.56 Å². The summed E-state index contributed by atoms with van der Waals surface area (Å²) >= 11 is 6.25. The minimum Gasteiger partial charge on any atom is -0.468 e. The van der Waals surface area contributed by atoms with Gasteiger partial charge in [0.25, 0.3) is 0 Å². The zero-order chi connectivity index (χ0) is 15.7. The average Bonchev–Trinajstić information content (AvgIpc) is 2.97. The van der Waals surface area contributed by atoms with E-state index < -0.39 is 11.9 Å². The zero-order valence-electron chi connectivity index (χ0n) is 11.7. The number of hydrogen-bond donors (Lipinski definition) is 1. The van der Waals surface area contributed by atoms with Crippen molar-refractivity contribution in [1.82, 2.24) is 4.98 Å². The standard InChI is InChI=1S/C16H13ClN2O3/c1-21-16(20)15(11-4-3-10(18)7-12(11)17)9-2-5-14-13(6-9)19-8-22-14/h2-8,15H,18H2,1H3. The Hall–Kier alpha value is -2.53. The van der Waals surface area contributed by atoms with Gasteiger partial charge in [-0.25, -0.2) is 4.98 Å². The summed E-state index contributed by atoms with van der Waals surface area (Å²) in [4.78, 5) is 16.4. The van der Waals surface area contributed by atoms with E-state index in [4.69, 9.17) is 26.5 Å². The number of halogens is 1. The van der Waals surface area contributed by atoms with Gasteiger partial charge in [0.05, 0.1) is 7.11 Å². The number of oxazole rings is 1. The molecule has 0 aliphatic rings. The molecule has 112 valence electrons. The molecule has 2 aromatic carbocycles. The molecular weight excluding hydrogens is 304 g/mol. The number of fused-ring (bicyclic) bond motifs is 1. The SMILES string of the molecule is COC(=O)C(c1ccc2ocnc2c1)c1ccc(N)cc1Cl. The Balaban J connectivity index is 2.15. The van der Waals surface area contributed by atoms with E-state index in [2.05, 4.69) is 4.98 Å². The van der Waals surface area contributed by atoms with Crippen molar-refractivity contribution in [2.45, 2.75) is 5.92 Å². The third-order valence-corrected chi connectivity index (χ3v) is 3.79. The van der Waals surface area contributed by atoms with Gasteiger partial charge in [0.15, 0.2) is 12.0 Å². The molecule has 22 heavy (non-hydrogen) atoms. The molecule has 0 saturated carbocycles. The maximum absolute atomic E-state index is 12.3. The molecule has 1 aromatic heterocycles. The normalized spacial score (nSPS) is 12.3. The molecule has 0 radical (unpaired) electrons. The number of hydrogen-bond acceptors (Lipinski definition) is 5. The van der Waals surface area contributed by atoms with Gasteiger partial charge < -0.3 is 14.9 Å². The van der Waals surface area contributed by atoms with E-state index in [1.807, 2.05) is 0 Å². The molecule has 0 bridgehead atoms. The minimum absolute atomic E-state index is 0.408. The average molecular weight is 317 g/mol. The first-order valence-electron chi connectivity index (χ1n) is 6.56. The van der Waals surface area contributed by atoms with Crippen LogP contribution in [0.25, 0.3) is 11.1 Å². The number of carbonyl (C=O) groups excluding carboxylic acids is 1. The molecule has 1 atom stereocenters. The van der Waals surface area contributed by atoms with Gasteiger partial charge in [0.2, 0.25) is 0 Å². The molecule has 0 fully saturated rings. The van der Waals surface area contributed by atoms with Gasteiger partial charge in [-0.05, 0) is 35.4 Å². The van der Waals surface area contributed by atoms with Crippen molar-refractivity contribution in [3.05, 3.63) is 58.9 Å². The molecule has 1 heterocycles. The second-order valence-corrected chi connectivity index (χ2v) is 5.22. The van der Waals surface area contributed by atoms with Crippen LogP contribution in [0.2, 0.25) is 5.02 Å². The highest BCUT2D eigenvalue weighted by Gasteiger charge is 2.26. The quantitative estimate of drug-likeness (QED) is 0.592. The summed E-state index contributed by atoms with van der Waals surface area (Å²) in [7, 11) is 1.34. The lowest BCUT2D eigenvalue weighted by molar-refractivity contribution is -0.141. The number of nitrogen functional groups attached to an aromatic ring is 1. The molecule has 1 unspecified atom stereocenters. The van der Waals surface area contributed by atoms with E-state index in [1.54, 1.807) is 36.4 Å². The molecule has 0 spiro atoms. The topological polar surface area (TPSA) is 78.3 Å². The van der Waals surface area contributed by atoms with Gasteiger partial charge in [-0.15, -0.1) is 0 Å². The van der Waals surface area contributed by atoms with E-state index in [9.17, 15) is 4.79 Å². The number of rotatable bonds is 3. The summed E-state index contributed by atoms with van der Waals surface area (Å²) in [6.07, 6.45) is 1.36. The molecule has 6 heteroatoms. The molecule has 0 amide bonds. The number of esters is 1. The lowest BCUT2D eigenvalue weighted by Crippen LogP contribution is -2.16. The zero-order valence-corrected chi connectivity index (χ0v) is 12.5. The summed E-state index contributed by atoms with van der Waals surface area (Å²) in [6, 6.07) is 10.4. The first-order chi connectivity index (χ1) is 10.6. The summed E-state index contributed by atoms with van der Waals surface area (Å²) in [5.74, 6) is -1.06. The lowest BCUT2D eigenvalue weighted by atomic mass is 9.91. The number of carbonyl (C=O) groups is 1. The summed E-state index contributed by atoms with van der Waals surface area (Å²) in [5, 5.41) is 0.413. The fourth-order valence-electron chi connectivity index (χ4n) is 2.39. The highest BCUT2D eigenvalue weighted by Crippen LogP contribution is 2.33. The van der Waals surface area contributed by atoms with Crippen molar-refractivity contribution in [1.29, 1.82) is 0 Å². The largest absolute Gasteiger partial charge is 0.468 e. The Morgan fingerprint density at radius 2 is 2.14 bits per heavy atom. The van der Waals surface area contributed by atoms with Gasteiger partial charge >= 0.3 is 5.97 Å². The van der Waals surface area contributed by atoms with Crippen LogP contribution in [0.5, 0.6) is 0 Å². The fourth-order valence-corrected chi connectivity index (χ4v) is 2.69. The van der Waals surface area contributed by atoms with E-state index in [1.165, 1.54) is 13.5 Å². The Morgan fingerprint density at radius 3 is 2.86 bits per heavy atom. The van der Waals surface area contributed by atoms with Crippen molar-refractivity contribution in [3.8, 4) is 0 Å². The molecule has 3 aromatic rings. The molecule has 0 aliphatic carbocycles. The van der Waals surface area contributed by atoms with Crippen LogP contribution in [0.3, 0.4) is 0 Å². The van der Waals surface area contributed by atoms with E-state index in [0.29, 0.717) is 27.4 Å².